The van der Waals surface area contributed by atoms with E-state index in [1.165, 1.54) is 23.1 Å². The van der Waals surface area contributed by atoms with Gasteiger partial charge in [0.2, 0.25) is 0 Å². The molecule has 0 atom stereocenters. The smallest absolute Gasteiger partial charge is 0.340 e. The van der Waals surface area contributed by atoms with E-state index in [2.05, 4.69) is 49.1 Å². The molecule has 2 aromatic rings. The molecular formula is C27H27N3O2S. The minimum Gasteiger partial charge on any atom is -0.462 e. The van der Waals surface area contributed by atoms with Gasteiger partial charge >= 0.3 is 5.97 Å². The zero-order valence-corrected chi connectivity index (χ0v) is 19.9. The third kappa shape index (κ3) is 7.64. The van der Waals surface area contributed by atoms with Crippen LogP contribution in [-0.2, 0) is 9.53 Å². The zero-order chi connectivity index (χ0) is 24.1. The molecule has 0 unspecified atom stereocenters. The van der Waals surface area contributed by atoms with Crippen LogP contribution in [0.15, 0.2) is 65.8 Å². The highest BCUT2D eigenvalue weighted by Crippen LogP contribution is 2.21. The van der Waals surface area contributed by atoms with Crippen LogP contribution >= 0.6 is 11.3 Å². The van der Waals surface area contributed by atoms with Gasteiger partial charge in [-0.25, -0.2) is 4.79 Å². The van der Waals surface area contributed by atoms with Crippen LogP contribution in [0.1, 0.15) is 36.1 Å². The molecule has 1 aromatic heterocycles. The molecule has 6 heteroatoms. The first-order valence-corrected chi connectivity index (χ1v) is 11.6. The molecule has 0 fully saturated rings. The number of esters is 1. The number of anilines is 1. The summed E-state index contributed by atoms with van der Waals surface area (Å²) in [6.45, 7) is 8.13. The fourth-order valence-corrected chi connectivity index (χ4v) is 3.85. The highest BCUT2D eigenvalue weighted by atomic mass is 32.1. The molecule has 0 aliphatic carbocycles. The normalized spacial score (nSPS) is 10.9. The van der Waals surface area contributed by atoms with E-state index in [9.17, 15) is 4.79 Å². The first-order valence-electron chi connectivity index (χ1n) is 10.7. The van der Waals surface area contributed by atoms with E-state index in [-0.39, 0.29) is 17.8 Å². The molecular weight excluding hydrogens is 430 g/mol. The molecule has 0 saturated carbocycles. The molecule has 0 saturated heterocycles. The van der Waals surface area contributed by atoms with E-state index in [0.717, 1.165) is 28.4 Å². The first kappa shape index (κ1) is 25.4. The Morgan fingerprint density at radius 1 is 0.939 bits per heavy atom. The van der Waals surface area contributed by atoms with Crippen LogP contribution in [0, 0.1) is 22.7 Å². The van der Waals surface area contributed by atoms with Crippen LogP contribution < -0.4 is 4.90 Å². The Kier molecular flexibility index (Phi) is 10.4. The second-order valence-corrected chi connectivity index (χ2v) is 7.94. The number of carbonyl (C=O) groups excluding carboxylic acids is 1. The van der Waals surface area contributed by atoms with Crippen LogP contribution in [0.2, 0.25) is 0 Å². The number of nitrogens with zero attached hydrogens (tertiary/aromatic N) is 3. The summed E-state index contributed by atoms with van der Waals surface area (Å²) in [4.78, 5) is 16.3. The molecule has 0 radical (unpaired) electrons. The maximum absolute atomic E-state index is 12.1. The molecule has 33 heavy (non-hydrogen) atoms. The fourth-order valence-electron chi connectivity index (χ4n) is 3.02. The summed E-state index contributed by atoms with van der Waals surface area (Å²) < 4.78 is 4.95. The monoisotopic (exact) mass is 457 g/mol. The lowest BCUT2D eigenvalue weighted by Crippen LogP contribution is -2.21. The van der Waals surface area contributed by atoms with Gasteiger partial charge in [0.05, 0.1) is 12.2 Å². The summed E-state index contributed by atoms with van der Waals surface area (Å²) in [6, 6.07) is 15.9. The molecule has 0 aliphatic heterocycles. The Hall–Kier alpha value is -3.87. The lowest BCUT2D eigenvalue weighted by Gasteiger charge is -2.20. The quantitative estimate of drug-likeness (QED) is 0.183. The summed E-state index contributed by atoms with van der Waals surface area (Å²) in [5, 5.41) is 18.2. The van der Waals surface area contributed by atoms with Crippen LogP contribution in [-0.4, -0.2) is 25.7 Å². The van der Waals surface area contributed by atoms with Gasteiger partial charge in [-0.1, -0.05) is 30.4 Å². The van der Waals surface area contributed by atoms with Gasteiger partial charge in [0.25, 0.3) is 0 Å². The average Bonchev–Trinajstić information content (AvgIpc) is 3.29. The number of nitriles is 2. The Morgan fingerprint density at radius 3 is 2.12 bits per heavy atom. The summed E-state index contributed by atoms with van der Waals surface area (Å²) >= 11 is 1.53. The van der Waals surface area contributed by atoms with E-state index >= 15 is 0 Å². The lowest BCUT2D eigenvalue weighted by atomic mass is 10.1. The predicted molar refractivity (Wildman–Crippen MR) is 136 cm³/mol. The van der Waals surface area contributed by atoms with Gasteiger partial charge in [-0.15, -0.1) is 11.3 Å². The number of hydrogen-bond donors (Lipinski definition) is 0. The minimum atomic E-state index is -0.682. The fraction of sp³-hybridized carbons (Fsp3) is 0.222. The Balaban J connectivity index is 2.05. The Labute approximate surface area is 199 Å². The average molecular weight is 458 g/mol. The van der Waals surface area contributed by atoms with Crippen molar-refractivity contribution in [3.8, 4) is 12.1 Å². The summed E-state index contributed by atoms with van der Waals surface area (Å²) in [5.74, 6) is -0.682. The van der Waals surface area contributed by atoms with E-state index in [1.54, 1.807) is 25.1 Å². The van der Waals surface area contributed by atoms with Crippen molar-refractivity contribution in [1.82, 2.24) is 0 Å². The summed E-state index contributed by atoms with van der Waals surface area (Å²) in [5.41, 5.74) is 2.05. The second-order valence-electron chi connectivity index (χ2n) is 6.79. The largest absolute Gasteiger partial charge is 0.462 e. The highest BCUT2D eigenvalue weighted by molar-refractivity contribution is 7.13. The maximum Gasteiger partial charge on any atom is 0.340 e. The van der Waals surface area contributed by atoms with E-state index in [1.807, 2.05) is 30.4 Å². The van der Waals surface area contributed by atoms with Crippen molar-refractivity contribution in [2.24, 2.45) is 0 Å². The Bertz CT molecular complexity index is 1120. The highest BCUT2D eigenvalue weighted by Gasteiger charge is 2.14. The van der Waals surface area contributed by atoms with Crippen molar-refractivity contribution >= 4 is 41.2 Å². The van der Waals surface area contributed by atoms with Crippen molar-refractivity contribution in [3.63, 3.8) is 0 Å². The van der Waals surface area contributed by atoms with Crippen LogP contribution in [0.3, 0.4) is 0 Å². The van der Waals surface area contributed by atoms with E-state index in [0.29, 0.717) is 0 Å². The van der Waals surface area contributed by atoms with E-state index in [4.69, 9.17) is 15.3 Å². The molecule has 0 aliphatic rings. The van der Waals surface area contributed by atoms with Crippen LogP contribution in [0.5, 0.6) is 0 Å². The van der Waals surface area contributed by atoms with Crippen LogP contribution in [0.4, 0.5) is 5.69 Å². The molecule has 2 rings (SSSR count). The standard InChI is InChI=1S/C27H27N3O2S/c1-4-30(5-2)23-13-11-21(12-14-23)9-7-8-10-24-15-16-25(33-24)17-18-26(22(19-28)20-29)27(31)32-6-3/h7-18H,4-6H2,1-3H3/b9-7+,10-8+,18-17+. The van der Waals surface area contributed by atoms with Gasteiger partial charge in [0, 0.05) is 28.5 Å². The second kappa shape index (κ2) is 13.5. The number of carbonyl (C=O) groups is 1. The predicted octanol–water partition coefficient (Wildman–Crippen LogP) is 6.24. The number of allylic oxidation sites excluding steroid dienone is 3. The van der Waals surface area contributed by atoms with Crippen molar-refractivity contribution < 1.29 is 9.53 Å². The molecule has 1 aromatic carbocycles. The van der Waals surface area contributed by atoms with Gasteiger partial charge in [-0.3, -0.25) is 0 Å². The molecule has 168 valence electrons. The van der Waals surface area contributed by atoms with Crippen molar-refractivity contribution in [1.29, 1.82) is 10.5 Å². The van der Waals surface area contributed by atoms with Gasteiger partial charge in [-0.2, -0.15) is 10.5 Å². The third-order valence-corrected chi connectivity index (χ3v) is 5.75. The van der Waals surface area contributed by atoms with Crippen molar-refractivity contribution in [3.05, 3.63) is 81.1 Å². The number of ether oxygens (including phenoxy) is 1. The maximum atomic E-state index is 12.1. The van der Waals surface area contributed by atoms with Gasteiger partial charge < -0.3 is 9.64 Å². The topological polar surface area (TPSA) is 77.1 Å². The molecule has 0 amide bonds. The molecule has 1 heterocycles. The number of benzene rings is 1. The van der Waals surface area contributed by atoms with Crippen LogP contribution in [0.25, 0.3) is 18.2 Å². The number of rotatable bonds is 10. The minimum absolute atomic E-state index is 0.0395. The number of hydrogen-bond acceptors (Lipinski definition) is 6. The van der Waals surface area contributed by atoms with Crippen molar-refractivity contribution in [2.45, 2.75) is 20.8 Å². The lowest BCUT2D eigenvalue weighted by molar-refractivity contribution is -0.138. The first-order chi connectivity index (χ1) is 16.1. The zero-order valence-electron chi connectivity index (χ0n) is 19.1. The Morgan fingerprint density at radius 2 is 1.55 bits per heavy atom. The van der Waals surface area contributed by atoms with Gasteiger partial charge in [-0.05, 0) is 68.8 Å². The van der Waals surface area contributed by atoms with Crippen molar-refractivity contribution in [2.75, 3.05) is 24.6 Å². The molecule has 0 N–H and O–H groups in total. The number of thiophene rings is 1. The summed E-state index contributed by atoms with van der Waals surface area (Å²) in [7, 11) is 0. The molecule has 0 bridgehead atoms. The van der Waals surface area contributed by atoms with Gasteiger partial charge in [0.15, 0.2) is 0 Å². The molecule has 0 spiro atoms. The SMILES string of the molecule is CCOC(=O)C(/C=C/c1ccc(/C=C/C=C/c2ccc(N(CC)CC)cc2)s1)=C(C#N)C#N. The summed E-state index contributed by atoms with van der Waals surface area (Å²) in [6.07, 6.45) is 11.2. The van der Waals surface area contributed by atoms with Gasteiger partial charge in [0.1, 0.15) is 17.7 Å². The third-order valence-electron chi connectivity index (χ3n) is 4.73. The van der Waals surface area contributed by atoms with E-state index < -0.39 is 5.97 Å². The molecule has 5 nitrogen and oxygen atoms in total.